The Labute approximate surface area is 131 Å². The fraction of sp³-hybridized carbons (Fsp3) is 0.455. The normalized spacial score (nSPS) is 20.4. The van der Waals surface area contributed by atoms with E-state index in [4.69, 9.17) is 28.9 Å². The largest absolute Gasteiger partial charge is 0.315 e. The molecule has 0 radical (unpaired) electrons. The van der Waals surface area contributed by atoms with Gasteiger partial charge in [-0.2, -0.15) is 4.31 Å². The molecule has 0 amide bonds. The number of hydrogen-bond donors (Lipinski definition) is 1. The number of piperidine rings is 1. The molecule has 1 atom stereocenters. The number of nitro benzene ring substituents is 1. The van der Waals surface area contributed by atoms with Gasteiger partial charge in [-0.3, -0.25) is 10.1 Å². The molecule has 0 saturated carbocycles. The van der Waals surface area contributed by atoms with Crippen molar-refractivity contribution in [2.45, 2.75) is 30.3 Å². The third-order valence-corrected chi connectivity index (χ3v) is 6.07. The molecule has 2 N–H and O–H groups in total. The number of rotatable bonds is 3. The second-order valence-corrected chi connectivity index (χ2v) is 7.29. The van der Waals surface area contributed by atoms with Crippen molar-refractivity contribution >= 4 is 38.9 Å². The van der Waals surface area contributed by atoms with Gasteiger partial charge < -0.3 is 5.73 Å². The van der Waals surface area contributed by atoms with Crippen molar-refractivity contribution < 1.29 is 13.3 Å². The maximum atomic E-state index is 12.6. The van der Waals surface area contributed by atoms with E-state index < -0.39 is 31.8 Å². The third kappa shape index (κ3) is 3.00. The fourth-order valence-corrected chi connectivity index (χ4v) is 4.69. The van der Waals surface area contributed by atoms with Gasteiger partial charge >= 0.3 is 5.69 Å². The lowest BCUT2D eigenvalue weighted by Gasteiger charge is -2.32. The van der Waals surface area contributed by atoms with E-state index in [0.717, 1.165) is 22.9 Å². The fourth-order valence-electron chi connectivity index (χ4n) is 2.24. The smallest absolute Gasteiger partial charge is 0.307 e. The zero-order valence-electron chi connectivity index (χ0n) is 10.8. The number of sulfonamides is 1. The lowest BCUT2D eigenvalue weighted by atomic mass is 10.1. The van der Waals surface area contributed by atoms with Crippen molar-refractivity contribution in [1.29, 1.82) is 0 Å². The molecule has 0 bridgehead atoms. The molecular formula is C11H13Cl2N3O4S. The predicted molar refractivity (Wildman–Crippen MR) is 78.8 cm³/mol. The molecule has 10 heteroatoms. The van der Waals surface area contributed by atoms with Crippen molar-refractivity contribution in [2.75, 3.05) is 6.54 Å². The SMILES string of the molecule is NC1CCCCN1S(=O)(=O)c1ccc(Cl)c([N+](=O)[O-])c1Cl. The number of nitrogens with zero attached hydrogens (tertiary/aromatic N) is 2. The first kappa shape index (κ1) is 16.4. The molecule has 7 nitrogen and oxygen atoms in total. The Morgan fingerprint density at radius 1 is 1.33 bits per heavy atom. The van der Waals surface area contributed by atoms with E-state index >= 15 is 0 Å². The maximum Gasteiger partial charge on any atom is 0.307 e. The molecule has 1 aromatic carbocycles. The standard InChI is InChI=1S/C11H13Cl2N3O4S/c12-7-4-5-8(10(13)11(7)16(17)18)21(19,20)15-6-2-1-3-9(15)14/h4-5,9H,1-3,6,14H2. The minimum Gasteiger partial charge on any atom is -0.315 e. The quantitative estimate of drug-likeness (QED) is 0.662. The minimum absolute atomic E-state index is 0.216. The van der Waals surface area contributed by atoms with Crippen LogP contribution >= 0.6 is 23.2 Å². The van der Waals surface area contributed by atoms with Gasteiger partial charge in [0.2, 0.25) is 10.0 Å². The highest BCUT2D eigenvalue weighted by molar-refractivity contribution is 7.89. The van der Waals surface area contributed by atoms with E-state index in [9.17, 15) is 18.5 Å². The van der Waals surface area contributed by atoms with Gasteiger partial charge in [0.25, 0.3) is 0 Å². The molecule has 2 rings (SSSR count). The van der Waals surface area contributed by atoms with Gasteiger partial charge in [0, 0.05) is 6.54 Å². The Morgan fingerprint density at radius 3 is 2.57 bits per heavy atom. The van der Waals surface area contributed by atoms with E-state index in [1.165, 1.54) is 0 Å². The second-order valence-electron chi connectivity index (χ2n) is 4.64. The van der Waals surface area contributed by atoms with E-state index in [-0.39, 0.29) is 16.5 Å². The molecule has 0 aromatic heterocycles. The molecule has 21 heavy (non-hydrogen) atoms. The zero-order valence-corrected chi connectivity index (χ0v) is 13.2. The summed E-state index contributed by atoms with van der Waals surface area (Å²) in [5.41, 5.74) is 5.20. The summed E-state index contributed by atoms with van der Waals surface area (Å²) in [7, 11) is -4.00. The molecule has 1 aliphatic heterocycles. The van der Waals surface area contributed by atoms with E-state index in [2.05, 4.69) is 0 Å². The van der Waals surface area contributed by atoms with Crippen molar-refractivity contribution in [2.24, 2.45) is 5.73 Å². The molecule has 116 valence electrons. The van der Waals surface area contributed by atoms with Gasteiger partial charge in [-0.25, -0.2) is 8.42 Å². The highest BCUT2D eigenvalue weighted by Gasteiger charge is 2.35. The van der Waals surface area contributed by atoms with Crippen molar-refractivity contribution in [3.05, 3.63) is 32.3 Å². The van der Waals surface area contributed by atoms with Crippen LogP contribution in [-0.2, 0) is 10.0 Å². The summed E-state index contributed by atoms with van der Waals surface area (Å²) >= 11 is 11.6. The zero-order chi connectivity index (χ0) is 15.8. The highest BCUT2D eigenvalue weighted by atomic mass is 35.5. The van der Waals surface area contributed by atoms with E-state index in [0.29, 0.717) is 12.8 Å². The monoisotopic (exact) mass is 353 g/mol. The number of benzene rings is 1. The molecule has 1 aliphatic rings. The first-order valence-corrected chi connectivity index (χ1v) is 8.36. The molecule has 1 heterocycles. The van der Waals surface area contributed by atoms with Crippen LogP contribution in [-0.4, -0.2) is 30.4 Å². The van der Waals surface area contributed by atoms with Crippen molar-refractivity contribution in [3.8, 4) is 0 Å². The van der Waals surface area contributed by atoms with Gasteiger partial charge in [0.15, 0.2) is 0 Å². The summed E-state index contributed by atoms with van der Waals surface area (Å²) in [4.78, 5) is 9.81. The first-order valence-electron chi connectivity index (χ1n) is 6.16. The van der Waals surface area contributed by atoms with Gasteiger partial charge in [-0.15, -0.1) is 0 Å². The van der Waals surface area contributed by atoms with Crippen LogP contribution in [0.5, 0.6) is 0 Å². The van der Waals surface area contributed by atoms with Crippen LogP contribution in [0, 0.1) is 10.1 Å². The number of halogens is 2. The Balaban J connectivity index is 2.55. The van der Waals surface area contributed by atoms with Crippen LogP contribution < -0.4 is 5.73 Å². The van der Waals surface area contributed by atoms with Crippen molar-refractivity contribution in [1.82, 2.24) is 4.31 Å². The highest BCUT2D eigenvalue weighted by Crippen LogP contribution is 2.38. The van der Waals surface area contributed by atoms with Gasteiger partial charge in [-0.05, 0) is 31.4 Å². The molecule has 0 spiro atoms. The van der Waals surface area contributed by atoms with Gasteiger partial charge in [-0.1, -0.05) is 23.2 Å². The molecular weight excluding hydrogens is 341 g/mol. The van der Waals surface area contributed by atoms with Crippen LogP contribution in [0.25, 0.3) is 0 Å². The van der Waals surface area contributed by atoms with Crippen LogP contribution in [0.15, 0.2) is 17.0 Å². The predicted octanol–water partition coefficient (Wildman–Crippen LogP) is 2.36. The molecule has 1 aromatic rings. The Morgan fingerprint density at radius 2 is 2.00 bits per heavy atom. The third-order valence-electron chi connectivity index (χ3n) is 3.30. The summed E-state index contributed by atoms with van der Waals surface area (Å²) in [5.74, 6) is 0. The number of hydrogen-bond acceptors (Lipinski definition) is 5. The molecule has 1 saturated heterocycles. The number of nitrogens with two attached hydrogens (primary N) is 1. The van der Waals surface area contributed by atoms with Crippen LogP contribution in [0.2, 0.25) is 10.0 Å². The molecule has 1 unspecified atom stereocenters. The van der Waals surface area contributed by atoms with Crippen LogP contribution in [0.3, 0.4) is 0 Å². The lowest BCUT2D eigenvalue weighted by molar-refractivity contribution is -0.384. The topological polar surface area (TPSA) is 107 Å². The number of nitro groups is 1. The Bertz CT molecular complexity index is 680. The maximum absolute atomic E-state index is 12.6. The van der Waals surface area contributed by atoms with Crippen LogP contribution in [0.1, 0.15) is 19.3 Å². The van der Waals surface area contributed by atoms with Crippen molar-refractivity contribution in [3.63, 3.8) is 0 Å². The summed E-state index contributed by atoms with van der Waals surface area (Å²) < 4.78 is 26.3. The summed E-state index contributed by atoms with van der Waals surface area (Å²) in [6.45, 7) is 0.260. The molecule has 0 aliphatic carbocycles. The summed E-state index contributed by atoms with van der Waals surface area (Å²) in [6.07, 6.45) is 1.39. The van der Waals surface area contributed by atoms with E-state index in [1.54, 1.807) is 0 Å². The summed E-state index contributed by atoms with van der Waals surface area (Å²) in [5, 5.41) is 10.3. The minimum atomic E-state index is -4.00. The second kappa shape index (κ2) is 6.05. The Kier molecular flexibility index (Phi) is 4.74. The lowest BCUT2D eigenvalue weighted by Crippen LogP contribution is -2.48. The molecule has 1 fully saturated rings. The van der Waals surface area contributed by atoms with Gasteiger partial charge in [0.1, 0.15) is 14.9 Å². The Hall–Kier alpha value is -0.930. The van der Waals surface area contributed by atoms with Gasteiger partial charge in [0.05, 0.1) is 11.1 Å². The average Bonchev–Trinajstić information content (AvgIpc) is 2.38. The van der Waals surface area contributed by atoms with E-state index in [1.807, 2.05) is 0 Å². The van der Waals surface area contributed by atoms with Crippen LogP contribution in [0.4, 0.5) is 5.69 Å². The average molecular weight is 354 g/mol. The summed E-state index contributed by atoms with van der Waals surface area (Å²) in [6, 6.07) is 2.31. The first-order chi connectivity index (χ1) is 9.76.